The minimum absolute atomic E-state index is 0.614. The molecule has 11 aromatic rings. The number of nitrogens with zero attached hydrogens (tertiary/aromatic N) is 4. The van der Waals surface area contributed by atoms with E-state index < -0.39 is 0 Å². The highest BCUT2D eigenvalue weighted by atomic mass is 16.3. The van der Waals surface area contributed by atoms with Crippen LogP contribution in [0.15, 0.2) is 179 Å². The van der Waals surface area contributed by atoms with Gasteiger partial charge in [0, 0.05) is 49.5 Å². The van der Waals surface area contributed by atoms with Gasteiger partial charge in [0.15, 0.2) is 23.1 Å². The van der Waals surface area contributed by atoms with Crippen molar-refractivity contribution in [1.82, 2.24) is 19.5 Å². The fourth-order valence-electron chi connectivity index (χ4n) is 8.67. The Balaban J connectivity index is 1.06. The lowest BCUT2D eigenvalue weighted by Crippen LogP contribution is -2.04. The molecule has 6 heteroatoms. The van der Waals surface area contributed by atoms with Crippen LogP contribution in [0.3, 0.4) is 0 Å². The second-order valence-corrected chi connectivity index (χ2v) is 14.7. The molecular weight excluding hydrogens is 701 g/mol. The Bertz CT molecular complexity index is 3470. The highest BCUT2D eigenvalue weighted by Gasteiger charge is 2.22. The number of rotatable bonds is 5. The summed E-state index contributed by atoms with van der Waals surface area (Å²) in [5.41, 5.74) is 11.6. The van der Waals surface area contributed by atoms with Gasteiger partial charge in [-0.15, -0.1) is 0 Å². The third-order valence-electron chi connectivity index (χ3n) is 11.3. The number of hydrogen-bond donors (Lipinski definition) is 0. The van der Waals surface area contributed by atoms with Gasteiger partial charge in [-0.05, 0) is 72.0 Å². The van der Waals surface area contributed by atoms with Crippen molar-refractivity contribution in [3.63, 3.8) is 0 Å². The molecule has 0 bridgehead atoms. The summed E-state index contributed by atoms with van der Waals surface area (Å²) in [5.74, 6) is 1.95. The predicted molar refractivity (Wildman–Crippen MR) is 231 cm³/mol. The number of fused-ring (bicyclic) bond motifs is 10. The van der Waals surface area contributed by atoms with Gasteiger partial charge in [-0.1, -0.05) is 121 Å². The zero-order valence-corrected chi connectivity index (χ0v) is 30.7. The fourth-order valence-corrected chi connectivity index (χ4v) is 8.67. The van der Waals surface area contributed by atoms with Crippen molar-refractivity contribution in [1.29, 1.82) is 0 Å². The van der Waals surface area contributed by atoms with Crippen LogP contribution in [0.1, 0.15) is 18.7 Å². The number of furan rings is 2. The van der Waals surface area contributed by atoms with Gasteiger partial charge >= 0.3 is 0 Å². The zero-order valence-electron chi connectivity index (χ0n) is 30.7. The van der Waals surface area contributed by atoms with Crippen LogP contribution in [0.25, 0.3) is 111 Å². The Kier molecular flexibility index (Phi) is 6.95. The largest absolute Gasteiger partial charge is 0.456 e. The molecule has 0 N–H and O–H groups in total. The average Bonchev–Trinajstić information content (AvgIpc) is 3.96. The molecule has 0 unspecified atom stereocenters. The summed E-state index contributed by atoms with van der Waals surface area (Å²) in [4.78, 5) is 15.4. The lowest BCUT2D eigenvalue weighted by atomic mass is 10.0. The van der Waals surface area contributed by atoms with Crippen molar-refractivity contribution in [2.45, 2.75) is 12.8 Å². The molecule has 4 heterocycles. The van der Waals surface area contributed by atoms with Crippen LogP contribution >= 0.6 is 0 Å². The normalized spacial score (nSPS) is 13.2. The highest BCUT2D eigenvalue weighted by molar-refractivity contribution is 6.21. The van der Waals surface area contributed by atoms with Crippen LogP contribution in [0.2, 0.25) is 0 Å². The summed E-state index contributed by atoms with van der Waals surface area (Å²) in [6, 6.07) is 52.7. The number of allylic oxidation sites excluding steroid dienone is 4. The molecule has 0 radical (unpaired) electrons. The fraction of sp³-hybridized carbons (Fsp3) is 0.0392. The maximum atomic E-state index is 6.71. The van der Waals surface area contributed by atoms with E-state index in [1.165, 1.54) is 5.39 Å². The molecule has 0 aliphatic heterocycles. The van der Waals surface area contributed by atoms with Gasteiger partial charge in [-0.2, -0.15) is 0 Å². The Labute approximate surface area is 326 Å². The SMILES string of the molecule is C1=CCCC(c2nc(-c3cccc(-c4ccccc4)c3)nc(-c3cccc4oc5cc(-n6c7ccccc7c7ccc8c9ccccc9oc8c76)ccc5c34)n2)=C1. The van der Waals surface area contributed by atoms with Crippen LogP contribution < -0.4 is 0 Å². The molecule has 4 aromatic heterocycles. The first-order valence-corrected chi connectivity index (χ1v) is 19.3. The van der Waals surface area contributed by atoms with E-state index in [2.05, 4.69) is 144 Å². The molecule has 0 spiro atoms. The van der Waals surface area contributed by atoms with Crippen molar-refractivity contribution in [3.8, 4) is 39.6 Å². The number of benzene rings is 7. The van der Waals surface area contributed by atoms with Crippen LogP contribution in [0.5, 0.6) is 0 Å². The van der Waals surface area contributed by atoms with Gasteiger partial charge in [-0.3, -0.25) is 0 Å². The molecule has 0 atom stereocenters. The minimum atomic E-state index is 0.614. The molecule has 1 aliphatic rings. The first-order valence-electron chi connectivity index (χ1n) is 19.3. The lowest BCUT2D eigenvalue weighted by Gasteiger charge is -2.12. The van der Waals surface area contributed by atoms with E-state index >= 15 is 0 Å². The molecule has 0 amide bonds. The van der Waals surface area contributed by atoms with E-state index in [1.54, 1.807) is 0 Å². The van der Waals surface area contributed by atoms with Crippen molar-refractivity contribution in [2.75, 3.05) is 0 Å². The molecule has 12 rings (SSSR count). The minimum Gasteiger partial charge on any atom is -0.456 e. The quantitative estimate of drug-likeness (QED) is 0.176. The van der Waals surface area contributed by atoms with Crippen molar-refractivity contribution < 1.29 is 8.83 Å². The molecule has 6 nitrogen and oxygen atoms in total. The van der Waals surface area contributed by atoms with E-state index in [9.17, 15) is 0 Å². The topological polar surface area (TPSA) is 69.9 Å². The summed E-state index contributed by atoms with van der Waals surface area (Å²) >= 11 is 0. The third kappa shape index (κ3) is 5.00. The molecule has 0 saturated carbocycles. The Morgan fingerprint density at radius 1 is 0.491 bits per heavy atom. The second-order valence-electron chi connectivity index (χ2n) is 14.7. The van der Waals surface area contributed by atoms with Crippen LogP contribution in [-0.4, -0.2) is 19.5 Å². The number of hydrogen-bond acceptors (Lipinski definition) is 5. The maximum Gasteiger partial charge on any atom is 0.164 e. The van der Waals surface area contributed by atoms with Gasteiger partial charge in [-0.25, -0.2) is 15.0 Å². The Morgan fingerprint density at radius 3 is 2.14 bits per heavy atom. The highest BCUT2D eigenvalue weighted by Crippen LogP contribution is 2.42. The summed E-state index contributed by atoms with van der Waals surface area (Å²) in [6.07, 6.45) is 8.21. The molecule has 57 heavy (non-hydrogen) atoms. The van der Waals surface area contributed by atoms with Crippen LogP contribution in [0, 0.1) is 0 Å². The molecule has 7 aromatic carbocycles. The van der Waals surface area contributed by atoms with Gasteiger partial charge in [0.05, 0.1) is 16.7 Å². The Morgan fingerprint density at radius 2 is 1.23 bits per heavy atom. The van der Waals surface area contributed by atoms with Crippen LogP contribution in [-0.2, 0) is 0 Å². The summed E-state index contributed by atoms with van der Waals surface area (Å²) in [6.45, 7) is 0. The summed E-state index contributed by atoms with van der Waals surface area (Å²) in [7, 11) is 0. The van der Waals surface area contributed by atoms with Gasteiger partial charge in [0.2, 0.25) is 0 Å². The van der Waals surface area contributed by atoms with Gasteiger partial charge in [0.1, 0.15) is 16.7 Å². The van der Waals surface area contributed by atoms with Crippen molar-refractivity contribution in [2.24, 2.45) is 0 Å². The van der Waals surface area contributed by atoms with E-state index in [0.717, 1.165) is 107 Å². The van der Waals surface area contributed by atoms with Gasteiger partial charge < -0.3 is 13.4 Å². The number of para-hydroxylation sites is 2. The number of aromatic nitrogens is 4. The van der Waals surface area contributed by atoms with E-state index in [-0.39, 0.29) is 0 Å². The summed E-state index contributed by atoms with van der Waals surface area (Å²) in [5, 5.41) is 6.48. The molecule has 268 valence electrons. The summed E-state index contributed by atoms with van der Waals surface area (Å²) < 4.78 is 15.6. The second kappa shape index (κ2) is 12.5. The third-order valence-corrected chi connectivity index (χ3v) is 11.3. The molecule has 0 fully saturated rings. The Hall–Kier alpha value is -7.57. The van der Waals surface area contributed by atoms with E-state index in [4.69, 9.17) is 23.8 Å². The van der Waals surface area contributed by atoms with Crippen molar-refractivity contribution >= 4 is 71.3 Å². The van der Waals surface area contributed by atoms with E-state index in [0.29, 0.717) is 17.5 Å². The zero-order chi connectivity index (χ0) is 37.5. The van der Waals surface area contributed by atoms with E-state index in [1.807, 2.05) is 30.3 Å². The monoisotopic (exact) mass is 732 g/mol. The molecule has 0 saturated heterocycles. The lowest BCUT2D eigenvalue weighted by molar-refractivity contribution is 0.668. The van der Waals surface area contributed by atoms with Crippen LogP contribution in [0.4, 0.5) is 0 Å². The average molecular weight is 733 g/mol. The first kappa shape index (κ1) is 31.7. The molecular formula is C51H32N4O2. The standard InChI is InChI=1S/C51H32N4O2/c1-3-13-31(14-4-1)33-17-11-18-34(29-33)50-52-49(32-15-5-2-6-16-32)53-51(54-50)41-21-12-24-44-46(41)40-26-25-35(30-45(40)56-44)55-42-22-9-7-19-36(42)38-27-28-39-37-20-8-10-23-43(37)57-48(39)47(38)55/h1-5,7-15,17-30H,6,16H2. The maximum absolute atomic E-state index is 6.71. The van der Waals surface area contributed by atoms with Crippen molar-refractivity contribution in [3.05, 3.63) is 176 Å². The predicted octanol–water partition coefficient (Wildman–Crippen LogP) is 13.5. The van der Waals surface area contributed by atoms with Gasteiger partial charge in [0.25, 0.3) is 0 Å². The smallest absolute Gasteiger partial charge is 0.164 e. The first-order chi connectivity index (χ1) is 28.2. The molecule has 1 aliphatic carbocycles.